The molecule has 0 spiro atoms. The Labute approximate surface area is 160 Å². The molecule has 0 radical (unpaired) electrons. The van der Waals surface area contributed by atoms with E-state index in [1.54, 1.807) is 0 Å². The molecule has 6 atom stereocenters. The molecule has 1 aromatic rings. The zero-order valence-corrected chi connectivity index (χ0v) is 16.1. The fourth-order valence-corrected chi connectivity index (χ4v) is 6.04. The van der Waals surface area contributed by atoms with Crippen LogP contribution in [0.25, 0.3) is 0 Å². The van der Waals surface area contributed by atoms with Gasteiger partial charge in [-0.1, -0.05) is 38.1 Å². The number of hydrogen-bond donors (Lipinski definition) is 0. The van der Waals surface area contributed by atoms with E-state index in [2.05, 4.69) is 33.1 Å². The molecule has 1 heterocycles. The Morgan fingerprint density at radius 2 is 1.93 bits per heavy atom. The lowest BCUT2D eigenvalue weighted by molar-refractivity contribution is -0.306. The summed E-state index contributed by atoms with van der Waals surface area (Å²) in [6.07, 6.45) is 5.51. The van der Waals surface area contributed by atoms with Crippen molar-refractivity contribution in [1.82, 2.24) is 0 Å². The van der Waals surface area contributed by atoms with Gasteiger partial charge in [0.15, 0.2) is 17.9 Å². The van der Waals surface area contributed by atoms with Crippen LogP contribution in [0.2, 0.25) is 0 Å². The molecule has 2 nitrogen and oxygen atoms in total. The molecule has 27 heavy (non-hydrogen) atoms. The second kappa shape index (κ2) is 6.52. The molecule has 146 valence electrons. The summed E-state index contributed by atoms with van der Waals surface area (Å²) in [5, 5.41) is 0. The lowest BCUT2D eigenvalue weighted by Gasteiger charge is -2.62. The van der Waals surface area contributed by atoms with E-state index >= 15 is 0 Å². The van der Waals surface area contributed by atoms with Crippen molar-refractivity contribution >= 4 is 0 Å². The van der Waals surface area contributed by atoms with Crippen molar-refractivity contribution in [2.45, 2.75) is 51.9 Å². The Bertz CT molecular complexity index is 776. The first-order valence-electron chi connectivity index (χ1n) is 9.82. The summed E-state index contributed by atoms with van der Waals surface area (Å²) < 4.78 is 39.2. The zero-order chi connectivity index (χ0) is 19.4. The summed E-state index contributed by atoms with van der Waals surface area (Å²) in [7, 11) is 0. The highest BCUT2D eigenvalue weighted by atomic mass is 19.2. The minimum Gasteiger partial charge on any atom is -0.348 e. The average Bonchev–Trinajstić information content (AvgIpc) is 2.63. The second-order valence-electron chi connectivity index (χ2n) is 8.95. The molecule has 0 amide bonds. The molecule has 1 aromatic carbocycles. The van der Waals surface area contributed by atoms with Crippen molar-refractivity contribution in [3.8, 4) is 0 Å². The molecule has 4 heteroatoms. The molecule has 4 rings (SSSR count). The third-order valence-electron chi connectivity index (χ3n) is 7.46. The average molecular weight is 374 g/mol. The van der Waals surface area contributed by atoms with E-state index in [9.17, 15) is 8.78 Å². The smallest absolute Gasteiger partial charge is 0.184 e. The van der Waals surface area contributed by atoms with Crippen LogP contribution in [0.15, 0.2) is 43.0 Å². The summed E-state index contributed by atoms with van der Waals surface area (Å²) in [5.74, 6) is -0.962. The molecule has 3 aliphatic rings. The maximum atomic E-state index is 13.6. The summed E-state index contributed by atoms with van der Waals surface area (Å²) >= 11 is 0. The van der Waals surface area contributed by atoms with Crippen LogP contribution in [0.4, 0.5) is 8.78 Å². The number of hydrogen-bond acceptors (Lipinski definition) is 2. The van der Waals surface area contributed by atoms with Gasteiger partial charge in [-0.3, -0.25) is 0 Å². The van der Waals surface area contributed by atoms with Crippen LogP contribution in [-0.2, 0) is 9.47 Å². The Balaban J connectivity index is 1.60. The molecule has 1 saturated heterocycles. The van der Waals surface area contributed by atoms with Crippen molar-refractivity contribution in [2.24, 2.45) is 22.7 Å². The van der Waals surface area contributed by atoms with Gasteiger partial charge in [-0.15, -0.1) is 6.58 Å². The van der Waals surface area contributed by atoms with E-state index in [0.717, 1.165) is 31.7 Å². The van der Waals surface area contributed by atoms with Gasteiger partial charge < -0.3 is 9.47 Å². The number of halogens is 2. The van der Waals surface area contributed by atoms with E-state index in [4.69, 9.17) is 9.47 Å². The first-order chi connectivity index (χ1) is 12.8. The maximum absolute atomic E-state index is 13.6. The summed E-state index contributed by atoms with van der Waals surface area (Å²) in [4.78, 5) is 0. The Hall–Kier alpha value is -1.52. The van der Waals surface area contributed by atoms with Crippen molar-refractivity contribution in [3.63, 3.8) is 0 Å². The van der Waals surface area contributed by atoms with Crippen LogP contribution in [0.1, 0.15) is 51.4 Å². The maximum Gasteiger partial charge on any atom is 0.184 e. The highest BCUT2D eigenvalue weighted by molar-refractivity contribution is 5.23. The minimum absolute atomic E-state index is 0.0410. The molecular formula is C23H28F2O2. The van der Waals surface area contributed by atoms with E-state index in [1.807, 2.05) is 0 Å². The molecule has 3 fully saturated rings. The highest BCUT2D eigenvalue weighted by Gasteiger charge is 2.59. The fourth-order valence-electron chi connectivity index (χ4n) is 6.04. The molecule has 2 saturated carbocycles. The third-order valence-corrected chi connectivity index (χ3v) is 7.46. The van der Waals surface area contributed by atoms with E-state index in [-0.39, 0.29) is 16.9 Å². The highest BCUT2D eigenvalue weighted by Crippen LogP contribution is 2.63. The summed E-state index contributed by atoms with van der Waals surface area (Å²) in [5.41, 5.74) is 1.82. The standard InChI is InChI=1S/C23H28F2O2/c1-5-16-14(2)6-9-19-22(16,3)11-10-20-23(19,4)13-26-21(27-20)15-7-8-17(24)18(25)12-15/h5,7-8,12,16,19-21H,1-2,6,9-11,13H2,3-4H3/t16-,19?,20-,21-,22-,23+/m1/s1. The second-order valence-corrected chi connectivity index (χ2v) is 8.95. The van der Waals surface area contributed by atoms with E-state index in [1.165, 1.54) is 17.7 Å². The van der Waals surface area contributed by atoms with Gasteiger partial charge in [-0.25, -0.2) is 8.78 Å². The van der Waals surface area contributed by atoms with Gasteiger partial charge in [-0.05, 0) is 49.1 Å². The topological polar surface area (TPSA) is 18.5 Å². The van der Waals surface area contributed by atoms with Crippen molar-refractivity contribution in [2.75, 3.05) is 6.61 Å². The van der Waals surface area contributed by atoms with Gasteiger partial charge >= 0.3 is 0 Å². The van der Waals surface area contributed by atoms with Crippen LogP contribution >= 0.6 is 0 Å². The quantitative estimate of drug-likeness (QED) is 0.595. The number of ether oxygens (including phenoxy) is 2. The summed E-state index contributed by atoms with van der Waals surface area (Å²) in [6, 6.07) is 3.84. The number of fused-ring (bicyclic) bond motifs is 3. The fraction of sp³-hybridized carbons (Fsp3) is 0.565. The Kier molecular flexibility index (Phi) is 4.55. The third kappa shape index (κ3) is 2.80. The molecule has 2 aliphatic carbocycles. The number of rotatable bonds is 2. The predicted octanol–water partition coefficient (Wildman–Crippen LogP) is 5.95. The van der Waals surface area contributed by atoms with E-state index in [0.29, 0.717) is 24.0 Å². The van der Waals surface area contributed by atoms with Gasteiger partial charge in [0.25, 0.3) is 0 Å². The van der Waals surface area contributed by atoms with Crippen LogP contribution in [0.3, 0.4) is 0 Å². The van der Waals surface area contributed by atoms with Crippen molar-refractivity contribution in [3.05, 3.63) is 60.2 Å². The first kappa shape index (κ1) is 18.8. The molecule has 0 aromatic heterocycles. The SMILES string of the molecule is C=C[C@@H]1C(=C)CCC2[C@]1(C)CC[C@H]1O[C@H](c3ccc(F)c(F)c3)OC[C@@]21C. The van der Waals surface area contributed by atoms with Gasteiger partial charge in [0.05, 0.1) is 12.7 Å². The molecule has 1 unspecified atom stereocenters. The van der Waals surface area contributed by atoms with Gasteiger partial charge in [-0.2, -0.15) is 0 Å². The van der Waals surface area contributed by atoms with Gasteiger partial charge in [0.1, 0.15) is 0 Å². The van der Waals surface area contributed by atoms with Crippen molar-refractivity contribution in [1.29, 1.82) is 0 Å². The molecule has 0 bridgehead atoms. The van der Waals surface area contributed by atoms with Crippen LogP contribution < -0.4 is 0 Å². The first-order valence-corrected chi connectivity index (χ1v) is 9.82. The van der Waals surface area contributed by atoms with Crippen LogP contribution in [-0.4, -0.2) is 12.7 Å². The van der Waals surface area contributed by atoms with Gasteiger partial charge in [0.2, 0.25) is 0 Å². The molecule has 0 N–H and O–H groups in total. The summed E-state index contributed by atoms with van der Waals surface area (Å²) in [6.45, 7) is 13.5. The zero-order valence-electron chi connectivity index (χ0n) is 16.1. The number of benzene rings is 1. The van der Waals surface area contributed by atoms with Crippen LogP contribution in [0.5, 0.6) is 0 Å². The Morgan fingerprint density at radius 1 is 1.15 bits per heavy atom. The minimum atomic E-state index is -0.871. The van der Waals surface area contributed by atoms with Crippen LogP contribution in [0, 0.1) is 34.3 Å². The monoisotopic (exact) mass is 374 g/mol. The number of allylic oxidation sites excluding steroid dienone is 2. The van der Waals surface area contributed by atoms with Crippen molar-refractivity contribution < 1.29 is 18.3 Å². The van der Waals surface area contributed by atoms with E-state index < -0.39 is 17.9 Å². The largest absolute Gasteiger partial charge is 0.348 e. The lowest BCUT2D eigenvalue weighted by atomic mass is 9.46. The normalized spacial score (nSPS) is 41.6. The Morgan fingerprint density at radius 3 is 2.63 bits per heavy atom. The lowest BCUT2D eigenvalue weighted by Crippen LogP contribution is -2.60. The molecular weight excluding hydrogens is 346 g/mol. The van der Waals surface area contributed by atoms with Gasteiger partial charge in [0, 0.05) is 16.9 Å². The predicted molar refractivity (Wildman–Crippen MR) is 101 cm³/mol. The molecule has 1 aliphatic heterocycles.